The summed E-state index contributed by atoms with van der Waals surface area (Å²) in [6.07, 6.45) is 2.74. The zero-order valence-electron chi connectivity index (χ0n) is 13.5. The molecule has 0 aromatic carbocycles. The Labute approximate surface area is 135 Å². The topological polar surface area (TPSA) is 62.3 Å². The fourth-order valence-corrected chi connectivity index (χ4v) is 3.45. The maximum Gasteiger partial charge on any atom is 0.241 e. The third-order valence-electron chi connectivity index (χ3n) is 3.89. The first-order valence-corrected chi connectivity index (χ1v) is 8.50. The van der Waals surface area contributed by atoms with E-state index < -0.39 is 5.25 Å². The van der Waals surface area contributed by atoms with Crippen molar-refractivity contribution in [2.24, 2.45) is 0 Å². The van der Waals surface area contributed by atoms with Crippen LogP contribution in [-0.2, 0) is 9.59 Å². The molecule has 0 radical (unpaired) electrons. The second kappa shape index (κ2) is 6.69. The van der Waals surface area contributed by atoms with Crippen LogP contribution in [0.5, 0.6) is 0 Å². The van der Waals surface area contributed by atoms with Crippen molar-refractivity contribution in [3.05, 3.63) is 18.3 Å². The number of amides is 2. The molecule has 2 heterocycles. The molecule has 0 fully saturated rings. The van der Waals surface area contributed by atoms with E-state index >= 15 is 0 Å². The highest BCUT2D eigenvalue weighted by atomic mass is 32.2. The predicted molar refractivity (Wildman–Crippen MR) is 89.0 cm³/mol. The Kier molecular flexibility index (Phi) is 5.11. The van der Waals surface area contributed by atoms with Crippen LogP contribution in [0.4, 0.5) is 5.69 Å². The monoisotopic (exact) mass is 321 g/mol. The molecule has 1 aromatic heterocycles. The summed E-state index contributed by atoms with van der Waals surface area (Å²) < 4.78 is 0. The van der Waals surface area contributed by atoms with Gasteiger partial charge in [0.15, 0.2) is 0 Å². The number of carbonyl (C=O) groups excluding carboxylic acids is 2. The number of fused-ring (bicyclic) bond motifs is 1. The van der Waals surface area contributed by atoms with E-state index in [0.29, 0.717) is 6.54 Å². The molecule has 0 aliphatic carbocycles. The van der Waals surface area contributed by atoms with E-state index in [1.165, 1.54) is 11.8 Å². The second-order valence-corrected chi connectivity index (χ2v) is 7.20. The number of aromatic nitrogens is 1. The zero-order chi connectivity index (χ0) is 16.3. The summed E-state index contributed by atoms with van der Waals surface area (Å²) in [7, 11) is 0. The Morgan fingerprint density at radius 3 is 2.82 bits per heavy atom. The van der Waals surface area contributed by atoms with Gasteiger partial charge in [-0.3, -0.25) is 9.59 Å². The Morgan fingerprint density at radius 2 is 2.18 bits per heavy atom. The maximum absolute atomic E-state index is 12.6. The summed E-state index contributed by atoms with van der Waals surface area (Å²) in [4.78, 5) is 30.9. The number of carbonyl (C=O) groups is 2. The van der Waals surface area contributed by atoms with Crippen molar-refractivity contribution in [2.75, 3.05) is 11.4 Å². The molecule has 22 heavy (non-hydrogen) atoms. The van der Waals surface area contributed by atoms with Gasteiger partial charge in [-0.1, -0.05) is 18.7 Å². The quantitative estimate of drug-likeness (QED) is 0.905. The molecule has 0 bridgehead atoms. The summed E-state index contributed by atoms with van der Waals surface area (Å²) in [5.74, 6) is -0.106. The summed E-state index contributed by atoms with van der Waals surface area (Å²) in [5.41, 5.74) is 0.589. The van der Waals surface area contributed by atoms with Crippen LogP contribution in [0.3, 0.4) is 0 Å². The van der Waals surface area contributed by atoms with Gasteiger partial charge in [-0.2, -0.15) is 0 Å². The summed E-state index contributed by atoms with van der Waals surface area (Å²) in [5, 5.41) is 3.40. The Hall–Kier alpha value is -1.56. The number of rotatable bonds is 5. The van der Waals surface area contributed by atoms with Gasteiger partial charge >= 0.3 is 0 Å². The van der Waals surface area contributed by atoms with Gasteiger partial charge in [-0.25, -0.2) is 4.98 Å². The number of hydrogen-bond acceptors (Lipinski definition) is 4. The first-order chi connectivity index (χ1) is 10.4. The van der Waals surface area contributed by atoms with E-state index in [1.807, 2.05) is 39.8 Å². The third kappa shape index (κ3) is 3.61. The van der Waals surface area contributed by atoms with Gasteiger partial charge in [-0.05, 0) is 39.3 Å². The first kappa shape index (κ1) is 16.8. The molecule has 0 spiro atoms. The number of nitrogens with one attached hydrogen (secondary N) is 1. The Balaban J connectivity index is 2.13. The lowest BCUT2D eigenvalue weighted by Gasteiger charge is -2.32. The smallest absolute Gasteiger partial charge is 0.241 e. The second-order valence-electron chi connectivity index (χ2n) is 6.01. The molecular formula is C16H23N3O2S. The van der Waals surface area contributed by atoms with Crippen LogP contribution >= 0.6 is 11.8 Å². The highest BCUT2D eigenvalue weighted by Crippen LogP contribution is 2.38. The zero-order valence-corrected chi connectivity index (χ0v) is 14.4. The van der Waals surface area contributed by atoms with Gasteiger partial charge in [0, 0.05) is 24.7 Å². The fourth-order valence-electron chi connectivity index (χ4n) is 2.30. The number of nitrogens with zero attached hydrogens (tertiary/aromatic N) is 2. The molecule has 2 amide bonds. The highest BCUT2D eigenvalue weighted by Gasteiger charge is 2.35. The van der Waals surface area contributed by atoms with Crippen molar-refractivity contribution in [1.82, 2.24) is 10.3 Å². The minimum atomic E-state index is -0.407. The minimum absolute atomic E-state index is 0.0162. The normalized spacial score (nSPS) is 18.1. The minimum Gasteiger partial charge on any atom is -0.351 e. The van der Waals surface area contributed by atoms with Crippen molar-refractivity contribution in [3.63, 3.8) is 0 Å². The van der Waals surface area contributed by atoms with E-state index in [2.05, 4.69) is 10.3 Å². The van der Waals surface area contributed by atoms with E-state index in [1.54, 1.807) is 11.1 Å². The SMILES string of the molecule is CCN1C(=O)[C@H](CC(=O)NC(C)(C)CC)Sc2ncccc21. The molecule has 0 saturated carbocycles. The van der Waals surface area contributed by atoms with Crippen molar-refractivity contribution in [2.45, 2.75) is 56.4 Å². The van der Waals surface area contributed by atoms with Crippen molar-refractivity contribution in [3.8, 4) is 0 Å². The average Bonchev–Trinajstić information content (AvgIpc) is 2.47. The van der Waals surface area contributed by atoms with Crippen LogP contribution < -0.4 is 10.2 Å². The molecule has 1 aliphatic heterocycles. The molecule has 5 nitrogen and oxygen atoms in total. The lowest BCUT2D eigenvalue weighted by Crippen LogP contribution is -2.47. The lowest BCUT2D eigenvalue weighted by molar-refractivity contribution is -0.126. The van der Waals surface area contributed by atoms with Crippen LogP contribution in [0.25, 0.3) is 0 Å². The van der Waals surface area contributed by atoms with Crippen LogP contribution in [-0.4, -0.2) is 34.1 Å². The van der Waals surface area contributed by atoms with Gasteiger partial charge in [0.2, 0.25) is 11.8 Å². The average molecular weight is 321 g/mol. The summed E-state index contributed by atoms with van der Waals surface area (Å²) in [6.45, 7) is 8.50. The van der Waals surface area contributed by atoms with E-state index in [-0.39, 0.29) is 23.8 Å². The Bertz CT molecular complexity index is 574. The van der Waals surface area contributed by atoms with Gasteiger partial charge < -0.3 is 10.2 Å². The van der Waals surface area contributed by atoms with Crippen molar-refractivity contribution >= 4 is 29.3 Å². The molecule has 0 saturated heterocycles. The number of thioether (sulfide) groups is 1. The predicted octanol–water partition coefficient (Wildman–Crippen LogP) is 2.60. The molecule has 1 N–H and O–H groups in total. The molecule has 1 aromatic rings. The molecule has 1 atom stereocenters. The van der Waals surface area contributed by atoms with Gasteiger partial charge in [0.25, 0.3) is 0 Å². The van der Waals surface area contributed by atoms with Crippen molar-refractivity contribution < 1.29 is 9.59 Å². The molecule has 0 unspecified atom stereocenters. The number of anilines is 1. The highest BCUT2D eigenvalue weighted by molar-refractivity contribution is 8.00. The summed E-state index contributed by atoms with van der Waals surface area (Å²) in [6, 6.07) is 3.72. The lowest BCUT2D eigenvalue weighted by atomic mass is 10.0. The number of pyridine rings is 1. The standard InChI is InChI=1S/C16H23N3O2S/c1-5-16(3,4)18-13(20)10-12-15(21)19(6-2)11-8-7-9-17-14(11)22-12/h7-9,12H,5-6,10H2,1-4H3,(H,18,20)/t12-/m0/s1. The summed E-state index contributed by atoms with van der Waals surface area (Å²) >= 11 is 1.38. The van der Waals surface area contributed by atoms with Crippen LogP contribution in [0.15, 0.2) is 23.4 Å². The van der Waals surface area contributed by atoms with Crippen LogP contribution in [0.1, 0.15) is 40.5 Å². The first-order valence-electron chi connectivity index (χ1n) is 7.62. The molecule has 6 heteroatoms. The molecule has 2 rings (SSSR count). The van der Waals surface area contributed by atoms with E-state index in [4.69, 9.17) is 0 Å². The largest absolute Gasteiger partial charge is 0.351 e. The van der Waals surface area contributed by atoms with Crippen molar-refractivity contribution in [1.29, 1.82) is 0 Å². The van der Waals surface area contributed by atoms with E-state index in [0.717, 1.165) is 17.1 Å². The molecular weight excluding hydrogens is 298 g/mol. The van der Waals surface area contributed by atoms with Gasteiger partial charge in [0.05, 0.1) is 10.9 Å². The Morgan fingerprint density at radius 1 is 1.45 bits per heavy atom. The number of hydrogen-bond donors (Lipinski definition) is 1. The maximum atomic E-state index is 12.6. The van der Waals surface area contributed by atoms with E-state index in [9.17, 15) is 9.59 Å². The van der Waals surface area contributed by atoms with Crippen LogP contribution in [0, 0.1) is 0 Å². The molecule has 1 aliphatic rings. The van der Waals surface area contributed by atoms with Crippen LogP contribution in [0.2, 0.25) is 0 Å². The fraction of sp³-hybridized carbons (Fsp3) is 0.562. The molecule has 120 valence electrons. The van der Waals surface area contributed by atoms with Gasteiger partial charge in [0.1, 0.15) is 5.03 Å². The third-order valence-corrected chi connectivity index (χ3v) is 5.08. The van der Waals surface area contributed by atoms with Gasteiger partial charge in [-0.15, -0.1) is 0 Å².